The van der Waals surface area contributed by atoms with Crippen LogP contribution in [0.15, 0.2) is 10.7 Å². The summed E-state index contributed by atoms with van der Waals surface area (Å²) in [5, 5.41) is 6.29. The highest BCUT2D eigenvalue weighted by Crippen LogP contribution is 1.62. The summed E-state index contributed by atoms with van der Waals surface area (Å²) in [5.74, 6) is 0. The average molecular weight is 69.0 g/mol. The summed E-state index contributed by atoms with van der Waals surface area (Å²) in [6.07, 6.45) is 3.61. The van der Waals surface area contributed by atoms with Crippen LogP contribution in [-0.2, 0) is 0 Å². The maximum atomic E-state index is 4.10. The highest BCUT2D eigenvalue weighted by atomic mass is 16.5. The smallest absolute Gasteiger partial charge is 0.227 e. The molecule has 1 aromatic heterocycles. The predicted octanol–water partition coefficient (Wildman–Crippen LogP) is -0.130. The molecule has 0 fully saturated rings. The highest BCUT2D eigenvalue weighted by molar-refractivity contribution is 4.44. The van der Waals surface area contributed by atoms with E-state index in [1.165, 1.54) is 6.20 Å². The van der Waals surface area contributed by atoms with E-state index >= 15 is 0 Å². The largest absolute Gasteiger partial charge is 0.333 e. The van der Waals surface area contributed by atoms with Gasteiger partial charge in [0, 0.05) is 5.27 Å². The molecule has 5 heavy (non-hydrogen) atoms. The van der Waals surface area contributed by atoms with E-state index in [-0.39, 0.29) is 0 Å². The second kappa shape index (κ2) is 0.839. The summed E-state index contributed by atoms with van der Waals surface area (Å²) >= 11 is 0. The Bertz CT molecular complexity index is 64.1. The van der Waals surface area contributed by atoms with Crippen molar-refractivity contribution in [3.05, 3.63) is 12.5 Å². The lowest BCUT2D eigenvalue weighted by Crippen LogP contribution is -1.53. The third-order valence-electron chi connectivity index (χ3n) is 0.251. The van der Waals surface area contributed by atoms with Crippen molar-refractivity contribution in [2.24, 2.45) is 0 Å². The van der Waals surface area contributed by atoms with E-state index in [1.54, 1.807) is 0 Å². The minimum Gasteiger partial charge on any atom is -0.333 e. The summed E-state index contributed by atoms with van der Waals surface area (Å²) in [5.41, 5.74) is 0. The first-order valence-electron chi connectivity index (χ1n) is 1.13. The van der Waals surface area contributed by atoms with E-state index in [4.69, 9.17) is 0 Å². The lowest BCUT2D eigenvalue weighted by molar-refractivity contribution is 0.387. The van der Waals surface area contributed by atoms with E-state index in [1.807, 2.05) is 0 Å². The van der Waals surface area contributed by atoms with Crippen LogP contribution in [-0.4, -0.2) is 10.4 Å². The molecule has 0 N–H and O–H groups in total. The Labute approximate surface area is 28.6 Å². The van der Waals surface area contributed by atoms with Gasteiger partial charge < -0.3 is 4.52 Å². The molecule has 0 bridgehead atoms. The van der Waals surface area contributed by atoms with Crippen molar-refractivity contribution >= 4 is 0 Å². The molecule has 0 unspecified atom stereocenters. The quantitative estimate of drug-likeness (QED) is 0.426. The molecule has 0 atom stereocenters. The normalized spacial score (nSPS) is 8.00. The Morgan fingerprint density at radius 2 is 2.80 bits per heavy atom. The third-order valence-corrected chi connectivity index (χ3v) is 0.251. The molecular formula is C2HN2O. The minimum absolute atomic E-state index is 1.35. The molecule has 3 nitrogen and oxygen atoms in total. The van der Waals surface area contributed by atoms with Crippen LogP contribution in [0.1, 0.15) is 0 Å². The molecule has 1 rings (SSSR count). The van der Waals surface area contributed by atoms with Crippen molar-refractivity contribution in [2.75, 3.05) is 0 Å². The van der Waals surface area contributed by atoms with Crippen LogP contribution in [0, 0.1) is 6.26 Å². The third kappa shape index (κ3) is 0.238. The fourth-order valence-corrected chi connectivity index (χ4v) is 0.118. The summed E-state index contributed by atoms with van der Waals surface area (Å²) in [4.78, 5) is 0. The van der Waals surface area contributed by atoms with Crippen LogP contribution in [0.4, 0.5) is 0 Å². The SMILES string of the molecule is [c]1cnno1. The van der Waals surface area contributed by atoms with Gasteiger partial charge in [-0.15, -0.1) is 5.10 Å². The van der Waals surface area contributed by atoms with Crippen molar-refractivity contribution in [3.8, 4) is 0 Å². The Morgan fingerprint density at radius 1 is 1.80 bits per heavy atom. The number of nitrogens with zero attached hydrogens (tertiary/aromatic N) is 2. The van der Waals surface area contributed by atoms with E-state index in [2.05, 4.69) is 21.2 Å². The van der Waals surface area contributed by atoms with Gasteiger partial charge in [-0.05, 0) is 0 Å². The first kappa shape index (κ1) is 2.38. The first-order valence-corrected chi connectivity index (χ1v) is 1.13. The lowest BCUT2D eigenvalue weighted by Gasteiger charge is -1.43. The zero-order chi connectivity index (χ0) is 3.54. The molecule has 0 saturated carbocycles. The number of aromatic nitrogens is 2. The number of rotatable bonds is 0. The summed E-state index contributed by atoms with van der Waals surface area (Å²) in [6, 6.07) is 0. The molecule has 0 saturated heterocycles. The van der Waals surface area contributed by atoms with Crippen LogP contribution >= 0.6 is 0 Å². The summed E-state index contributed by atoms with van der Waals surface area (Å²) in [7, 11) is 0. The van der Waals surface area contributed by atoms with Crippen LogP contribution in [0.2, 0.25) is 0 Å². The molecule has 0 aliphatic rings. The summed E-state index contributed by atoms with van der Waals surface area (Å²) < 4.78 is 4.10. The zero-order valence-electron chi connectivity index (χ0n) is 2.38. The Balaban J connectivity index is 3.13. The maximum absolute atomic E-state index is 4.10. The van der Waals surface area contributed by atoms with Gasteiger partial charge in [-0.1, -0.05) is 0 Å². The molecule has 1 aromatic rings. The van der Waals surface area contributed by atoms with Crippen LogP contribution in [0.5, 0.6) is 0 Å². The topological polar surface area (TPSA) is 38.9 Å². The Hall–Kier alpha value is -0.860. The van der Waals surface area contributed by atoms with E-state index < -0.39 is 0 Å². The standard InChI is InChI=1S/C2HN2O/c1-2-5-4-3-1/h1H. The molecule has 25 valence electrons. The van der Waals surface area contributed by atoms with Gasteiger partial charge in [-0.25, -0.2) is 0 Å². The molecule has 0 aromatic carbocycles. The zero-order valence-corrected chi connectivity index (χ0v) is 2.38. The van der Waals surface area contributed by atoms with Crippen LogP contribution in [0.25, 0.3) is 0 Å². The monoisotopic (exact) mass is 69.0 g/mol. The Kier molecular flexibility index (Phi) is 0.400. The van der Waals surface area contributed by atoms with Gasteiger partial charge >= 0.3 is 0 Å². The molecule has 0 aliphatic heterocycles. The van der Waals surface area contributed by atoms with Crippen molar-refractivity contribution in [1.29, 1.82) is 0 Å². The fraction of sp³-hybridized carbons (Fsp3) is 0. The van der Waals surface area contributed by atoms with Gasteiger partial charge in [0.05, 0.1) is 0 Å². The molecule has 0 aliphatic carbocycles. The lowest BCUT2D eigenvalue weighted by atomic mass is 11.0. The van der Waals surface area contributed by atoms with Gasteiger partial charge in [0.2, 0.25) is 6.26 Å². The second-order valence-corrected chi connectivity index (χ2v) is 0.535. The van der Waals surface area contributed by atoms with Crippen molar-refractivity contribution in [2.45, 2.75) is 0 Å². The molecule has 0 amide bonds. The number of hydrogen-bond acceptors (Lipinski definition) is 3. The van der Waals surface area contributed by atoms with Crippen molar-refractivity contribution in [1.82, 2.24) is 10.4 Å². The Morgan fingerprint density at radius 3 is 3.00 bits per heavy atom. The highest BCUT2D eigenvalue weighted by Gasteiger charge is 1.64. The molecule has 3 heteroatoms. The molecular weight excluding hydrogens is 68.0 g/mol. The van der Waals surface area contributed by atoms with Crippen LogP contribution in [0.3, 0.4) is 0 Å². The van der Waals surface area contributed by atoms with Gasteiger partial charge in [-0.2, -0.15) is 0 Å². The van der Waals surface area contributed by atoms with Crippen LogP contribution < -0.4 is 0 Å². The second-order valence-electron chi connectivity index (χ2n) is 0.535. The molecule has 1 radical (unpaired) electrons. The maximum Gasteiger partial charge on any atom is 0.227 e. The number of hydrogen-bond donors (Lipinski definition) is 0. The van der Waals surface area contributed by atoms with Crippen molar-refractivity contribution in [3.63, 3.8) is 0 Å². The average Bonchev–Trinajstić information content (AvgIpc) is 1.76. The van der Waals surface area contributed by atoms with E-state index in [9.17, 15) is 0 Å². The molecule has 0 spiro atoms. The van der Waals surface area contributed by atoms with E-state index in [0.29, 0.717) is 0 Å². The van der Waals surface area contributed by atoms with E-state index in [0.717, 1.165) is 0 Å². The van der Waals surface area contributed by atoms with Gasteiger partial charge in [0.1, 0.15) is 6.20 Å². The summed E-state index contributed by atoms with van der Waals surface area (Å²) in [6.45, 7) is 0. The predicted molar refractivity (Wildman–Crippen MR) is 13.1 cm³/mol. The first-order chi connectivity index (χ1) is 2.50. The fourth-order valence-electron chi connectivity index (χ4n) is 0.118. The minimum atomic E-state index is 1.35. The molecule has 1 heterocycles. The van der Waals surface area contributed by atoms with Gasteiger partial charge in [0.15, 0.2) is 0 Å². The van der Waals surface area contributed by atoms with Gasteiger partial charge in [-0.3, -0.25) is 0 Å². The van der Waals surface area contributed by atoms with Crippen molar-refractivity contribution < 1.29 is 4.52 Å². The van der Waals surface area contributed by atoms with Gasteiger partial charge in [0.25, 0.3) is 0 Å².